The van der Waals surface area contributed by atoms with Gasteiger partial charge in [0.25, 0.3) is 0 Å². The molecule has 2 rings (SSSR count). The molecule has 0 aliphatic rings. The van der Waals surface area contributed by atoms with Crippen molar-refractivity contribution in [1.29, 1.82) is 0 Å². The highest BCUT2D eigenvalue weighted by atomic mass is 16.2. The smallest absolute Gasteiger partial charge is 0.219 e. The van der Waals surface area contributed by atoms with Crippen LogP contribution >= 0.6 is 0 Å². The number of nitrogens with zero attached hydrogens (tertiary/aromatic N) is 2. The van der Waals surface area contributed by atoms with Crippen molar-refractivity contribution in [3.05, 3.63) is 71.8 Å². The van der Waals surface area contributed by atoms with E-state index in [0.717, 1.165) is 11.1 Å². The second-order valence-electron chi connectivity index (χ2n) is 5.85. The van der Waals surface area contributed by atoms with Gasteiger partial charge in [-0.15, -0.1) is 0 Å². The Bertz CT molecular complexity index is 596. The average Bonchev–Trinajstić information content (AvgIpc) is 2.58. The Morgan fingerprint density at radius 2 is 1.00 bits per heavy atom. The van der Waals surface area contributed by atoms with Crippen molar-refractivity contribution in [3.63, 3.8) is 0 Å². The van der Waals surface area contributed by atoms with E-state index in [9.17, 15) is 9.59 Å². The Kier molecular flexibility index (Phi) is 6.55. The first kappa shape index (κ1) is 17.7. The fourth-order valence-corrected chi connectivity index (χ4v) is 2.54. The zero-order chi connectivity index (χ0) is 17.4. The van der Waals surface area contributed by atoms with Crippen molar-refractivity contribution in [2.45, 2.75) is 26.9 Å². The lowest BCUT2D eigenvalue weighted by Crippen LogP contribution is -2.39. The number of rotatable bonds is 7. The molecule has 126 valence electrons. The van der Waals surface area contributed by atoms with E-state index >= 15 is 0 Å². The third kappa shape index (κ3) is 5.54. The molecule has 0 heterocycles. The molecular weight excluding hydrogens is 300 g/mol. The minimum atomic E-state index is 0.0158. The molecule has 24 heavy (non-hydrogen) atoms. The highest BCUT2D eigenvalue weighted by molar-refractivity contribution is 5.74. The molecule has 0 aromatic heterocycles. The standard InChI is InChI=1S/C20H24N2O2/c1-17(23)21(15-19-9-5-3-6-10-19)13-14-22(18(2)24)16-20-11-7-4-8-12-20/h3-12H,13-16H2,1-2H3. The topological polar surface area (TPSA) is 40.6 Å². The maximum atomic E-state index is 11.9. The molecule has 2 aromatic carbocycles. The summed E-state index contributed by atoms with van der Waals surface area (Å²) in [6.07, 6.45) is 0. The molecule has 0 unspecified atom stereocenters. The number of hydrogen-bond donors (Lipinski definition) is 0. The lowest BCUT2D eigenvalue weighted by atomic mass is 10.2. The van der Waals surface area contributed by atoms with E-state index in [1.165, 1.54) is 0 Å². The minimum absolute atomic E-state index is 0.0158. The monoisotopic (exact) mass is 324 g/mol. The summed E-state index contributed by atoms with van der Waals surface area (Å²) >= 11 is 0. The SMILES string of the molecule is CC(=O)N(CCN(Cc1ccccc1)C(C)=O)Cc1ccccc1. The fraction of sp³-hybridized carbons (Fsp3) is 0.300. The predicted octanol–water partition coefficient (Wildman–Crippen LogP) is 3.08. The summed E-state index contributed by atoms with van der Waals surface area (Å²) in [6.45, 7) is 5.31. The van der Waals surface area contributed by atoms with Gasteiger partial charge in [0.15, 0.2) is 0 Å². The van der Waals surface area contributed by atoms with Gasteiger partial charge >= 0.3 is 0 Å². The van der Waals surface area contributed by atoms with Crippen LogP contribution in [0.25, 0.3) is 0 Å². The summed E-state index contributed by atoms with van der Waals surface area (Å²) in [7, 11) is 0. The highest BCUT2D eigenvalue weighted by Crippen LogP contribution is 2.08. The lowest BCUT2D eigenvalue weighted by Gasteiger charge is -2.27. The summed E-state index contributed by atoms with van der Waals surface area (Å²) in [5.41, 5.74) is 2.18. The molecule has 0 bridgehead atoms. The van der Waals surface area contributed by atoms with Crippen molar-refractivity contribution in [2.75, 3.05) is 13.1 Å². The first-order valence-corrected chi connectivity index (χ1v) is 8.15. The Hall–Kier alpha value is -2.62. The summed E-state index contributed by atoms with van der Waals surface area (Å²) < 4.78 is 0. The zero-order valence-electron chi connectivity index (χ0n) is 14.3. The Balaban J connectivity index is 1.97. The van der Waals surface area contributed by atoms with Gasteiger partial charge in [-0.3, -0.25) is 9.59 Å². The number of carbonyl (C=O) groups excluding carboxylic acids is 2. The molecule has 0 aliphatic heterocycles. The molecule has 2 amide bonds. The van der Waals surface area contributed by atoms with Crippen LogP contribution in [-0.4, -0.2) is 34.7 Å². The third-order valence-corrected chi connectivity index (χ3v) is 3.96. The van der Waals surface area contributed by atoms with E-state index in [2.05, 4.69) is 0 Å². The molecule has 2 aromatic rings. The first-order valence-electron chi connectivity index (χ1n) is 8.15. The van der Waals surface area contributed by atoms with Gasteiger partial charge < -0.3 is 9.80 Å². The van der Waals surface area contributed by atoms with Crippen LogP contribution in [0, 0.1) is 0 Å². The fourth-order valence-electron chi connectivity index (χ4n) is 2.54. The average molecular weight is 324 g/mol. The first-order chi connectivity index (χ1) is 11.6. The second-order valence-corrected chi connectivity index (χ2v) is 5.85. The van der Waals surface area contributed by atoms with E-state index in [1.54, 1.807) is 23.6 Å². The molecule has 0 saturated heterocycles. The van der Waals surface area contributed by atoms with Gasteiger partial charge in [-0.05, 0) is 11.1 Å². The van der Waals surface area contributed by atoms with E-state index in [0.29, 0.717) is 26.2 Å². The number of amides is 2. The second kappa shape index (κ2) is 8.87. The zero-order valence-corrected chi connectivity index (χ0v) is 14.3. The molecule has 0 aliphatic carbocycles. The van der Waals surface area contributed by atoms with Crippen molar-refractivity contribution >= 4 is 11.8 Å². The molecule has 0 fully saturated rings. The lowest BCUT2D eigenvalue weighted by molar-refractivity contribution is -0.133. The summed E-state index contributed by atoms with van der Waals surface area (Å²) in [5.74, 6) is 0.0316. The van der Waals surface area contributed by atoms with Gasteiger partial charge in [0.2, 0.25) is 11.8 Å². The van der Waals surface area contributed by atoms with Crippen LogP contribution in [-0.2, 0) is 22.7 Å². The third-order valence-electron chi connectivity index (χ3n) is 3.96. The van der Waals surface area contributed by atoms with Gasteiger partial charge in [0, 0.05) is 40.0 Å². The van der Waals surface area contributed by atoms with Crippen LogP contribution in [0.3, 0.4) is 0 Å². The van der Waals surface area contributed by atoms with Crippen LogP contribution in [0.15, 0.2) is 60.7 Å². The quantitative estimate of drug-likeness (QED) is 0.785. The van der Waals surface area contributed by atoms with Gasteiger partial charge in [0.05, 0.1) is 0 Å². The largest absolute Gasteiger partial charge is 0.337 e. The van der Waals surface area contributed by atoms with Gasteiger partial charge in [-0.1, -0.05) is 60.7 Å². The van der Waals surface area contributed by atoms with Crippen molar-refractivity contribution in [2.24, 2.45) is 0 Å². The van der Waals surface area contributed by atoms with Crippen LogP contribution in [0.4, 0.5) is 0 Å². The van der Waals surface area contributed by atoms with E-state index in [1.807, 2.05) is 60.7 Å². The number of benzene rings is 2. The van der Waals surface area contributed by atoms with E-state index in [-0.39, 0.29) is 11.8 Å². The van der Waals surface area contributed by atoms with Crippen molar-refractivity contribution < 1.29 is 9.59 Å². The molecule has 0 spiro atoms. The van der Waals surface area contributed by atoms with Gasteiger partial charge in [0.1, 0.15) is 0 Å². The molecular formula is C20H24N2O2. The number of carbonyl (C=O) groups is 2. The normalized spacial score (nSPS) is 10.2. The van der Waals surface area contributed by atoms with E-state index < -0.39 is 0 Å². The molecule has 0 radical (unpaired) electrons. The highest BCUT2D eigenvalue weighted by Gasteiger charge is 2.14. The minimum Gasteiger partial charge on any atom is -0.337 e. The summed E-state index contributed by atoms with van der Waals surface area (Å²) in [6, 6.07) is 19.8. The molecule has 0 atom stereocenters. The van der Waals surface area contributed by atoms with Gasteiger partial charge in [-0.2, -0.15) is 0 Å². The maximum absolute atomic E-state index is 11.9. The number of hydrogen-bond acceptors (Lipinski definition) is 2. The Labute approximate surface area is 143 Å². The molecule has 0 saturated carbocycles. The van der Waals surface area contributed by atoms with Crippen molar-refractivity contribution in [1.82, 2.24) is 9.80 Å². The molecule has 0 N–H and O–H groups in total. The van der Waals surface area contributed by atoms with Crippen LogP contribution in [0.5, 0.6) is 0 Å². The summed E-state index contributed by atoms with van der Waals surface area (Å²) in [4.78, 5) is 27.4. The summed E-state index contributed by atoms with van der Waals surface area (Å²) in [5, 5.41) is 0. The van der Waals surface area contributed by atoms with Crippen LogP contribution in [0.1, 0.15) is 25.0 Å². The maximum Gasteiger partial charge on any atom is 0.219 e. The molecule has 4 nitrogen and oxygen atoms in total. The van der Waals surface area contributed by atoms with E-state index in [4.69, 9.17) is 0 Å². The Morgan fingerprint density at radius 1 is 0.667 bits per heavy atom. The van der Waals surface area contributed by atoms with Crippen LogP contribution < -0.4 is 0 Å². The predicted molar refractivity (Wildman–Crippen MR) is 95.1 cm³/mol. The molecule has 4 heteroatoms. The van der Waals surface area contributed by atoms with Crippen LogP contribution in [0.2, 0.25) is 0 Å². The van der Waals surface area contributed by atoms with Gasteiger partial charge in [-0.25, -0.2) is 0 Å². The van der Waals surface area contributed by atoms with Crippen molar-refractivity contribution in [3.8, 4) is 0 Å². The Morgan fingerprint density at radius 3 is 1.29 bits per heavy atom.